The minimum absolute atomic E-state index is 0.431. The Hall–Kier alpha value is -0.840. The first-order valence-electron chi connectivity index (χ1n) is 4.70. The Morgan fingerprint density at radius 2 is 1.88 bits per heavy atom. The molecule has 98 valence electrons. The SMILES string of the molecule is [3H][I-]SC(=O)[C@@H](CC(=O)O)OC(=O)CCC(=O)O. The van der Waals surface area contributed by atoms with Crippen molar-refractivity contribution in [2.75, 3.05) is 0 Å². The number of hydrogen-bond donors (Lipinski definition) is 2. The van der Waals surface area contributed by atoms with E-state index in [1.165, 1.54) is 0 Å². The van der Waals surface area contributed by atoms with Crippen molar-refractivity contribution in [1.29, 1.82) is 0.594 Å². The molecule has 7 nitrogen and oxygen atoms in total. The van der Waals surface area contributed by atoms with Gasteiger partial charge in [-0.05, 0) is 0 Å². The average molecular weight is 379 g/mol. The van der Waals surface area contributed by atoms with E-state index in [4.69, 9.17) is 10.8 Å². The Balaban J connectivity index is 4.39. The summed E-state index contributed by atoms with van der Waals surface area (Å²) in [5.74, 6) is -3.46. The molecule has 0 bridgehead atoms. The predicted molar refractivity (Wildman–Crippen MR) is 53.0 cm³/mol. The molecule has 0 aromatic rings. The van der Waals surface area contributed by atoms with Crippen LogP contribution in [0.15, 0.2) is 0 Å². The molecular formula is C8H10IO7S-. The molecule has 0 spiro atoms. The molecule has 0 saturated heterocycles. The van der Waals surface area contributed by atoms with Gasteiger partial charge in [0.25, 0.3) is 0 Å². The molecule has 0 heterocycles. The summed E-state index contributed by atoms with van der Waals surface area (Å²) in [5.41, 5.74) is 0. The first-order valence-corrected chi connectivity index (χ1v) is 7.68. The number of rotatable bonds is 8. The fourth-order valence-electron chi connectivity index (χ4n) is 0.808. The second-order valence-corrected chi connectivity index (χ2v) is 4.74. The fraction of sp³-hybridized carbons (Fsp3) is 0.500. The first kappa shape index (κ1) is 14.2. The summed E-state index contributed by atoms with van der Waals surface area (Å²) in [6.07, 6.45) is -3.03. The Morgan fingerprint density at radius 1 is 1.24 bits per heavy atom. The number of carboxylic acid groups (broad SMARTS) is 2. The van der Waals surface area contributed by atoms with Crippen molar-refractivity contribution in [3.63, 3.8) is 0 Å². The van der Waals surface area contributed by atoms with E-state index in [1.54, 1.807) is 0 Å². The van der Waals surface area contributed by atoms with Crippen molar-refractivity contribution in [1.82, 2.24) is 0 Å². The molecule has 17 heavy (non-hydrogen) atoms. The number of carboxylic acids is 2. The van der Waals surface area contributed by atoms with Crippen molar-refractivity contribution in [3.8, 4) is 0 Å². The van der Waals surface area contributed by atoms with Crippen LogP contribution in [0.5, 0.6) is 0 Å². The summed E-state index contributed by atoms with van der Waals surface area (Å²) >= 11 is -1.20. The van der Waals surface area contributed by atoms with Gasteiger partial charge in [0.05, 0.1) is 0 Å². The van der Waals surface area contributed by atoms with Crippen molar-refractivity contribution in [2.24, 2.45) is 0 Å². The van der Waals surface area contributed by atoms with Crippen molar-refractivity contribution >= 4 is 32.0 Å². The number of carbonyl (C=O) groups excluding carboxylic acids is 2. The van der Waals surface area contributed by atoms with E-state index < -0.39 is 69.4 Å². The molecule has 0 rings (SSSR count). The summed E-state index contributed by atoms with van der Waals surface area (Å²) in [7, 11) is 0.629. The number of carbonyl (C=O) groups is 4. The maximum absolute atomic E-state index is 11.4. The van der Waals surface area contributed by atoms with Crippen LogP contribution in [0.1, 0.15) is 19.3 Å². The van der Waals surface area contributed by atoms with Gasteiger partial charge >= 0.3 is 113 Å². The van der Waals surface area contributed by atoms with E-state index in [1.807, 2.05) is 0 Å². The van der Waals surface area contributed by atoms with E-state index in [9.17, 15) is 19.2 Å². The van der Waals surface area contributed by atoms with Crippen LogP contribution in [0.2, 0.25) is 0 Å². The van der Waals surface area contributed by atoms with Gasteiger partial charge in [-0.2, -0.15) is 0 Å². The molecule has 0 aromatic heterocycles. The summed E-state index contributed by atoms with van der Waals surface area (Å²) < 4.78 is 11.5. The molecule has 0 fully saturated rings. The topological polar surface area (TPSA) is 118 Å². The van der Waals surface area contributed by atoms with Gasteiger partial charge in [0.2, 0.25) is 0 Å². The van der Waals surface area contributed by atoms with E-state index in [0.29, 0.717) is 8.93 Å². The van der Waals surface area contributed by atoms with Crippen molar-refractivity contribution in [2.45, 2.75) is 25.4 Å². The van der Waals surface area contributed by atoms with Crippen molar-refractivity contribution in [3.05, 3.63) is 0 Å². The maximum atomic E-state index is 11.4. The Morgan fingerprint density at radius 3 is 2.35 bits per heavy atom. The molecule has 0 unspecified atom stereocenters. The Bertz CT molecular complexity index is 348. The second-order valence-electron chi connectivity index (χ2n) is 2.87. The van der Waals surface area contributed by atoms with Crippen LogP contribution in [0, 0.1) is 0 Å². The monoisotopic (exact) mass is 379 g/mol. The van der Waals surface area contributed by atoms with Crippen molar-refractivity contribution < 1.29 is 55.1 Å². The molecular weight excluding hydrogens is 367 g/mol. The third-order valence-corrected chi connectivity index (χ3v) is 3.23. The summed E-state index contributed by atoms with van der Waals surface area (Å²) in [4.78, 5) is 43.2. The molecule has 0 aliphatic heterocycles. The van der Waals surface area contributed by atoms with E-state index in [2.05, 4.69) is 4.74 Å². The molecule has 1 atom stereocenters. The normalized spacial score (nSPS) is 12.6. The van der Waals surface area contributed by atoms with E-state index in [-0.39, 0.29) is 0 Å². The third kappa shape index (κ3) is 7.96. The summed E-state index contributed by atoms with van der Waals surface area (Å²) in [5, 5.41) is 16.2. The fourth-order valence-corrected chi connectivity index (χ4v) is 1.89. The Kier molecular flexibility index (Phi) is 6.93. The van der Waals surface area contributed by atoms with Gasteiger partial charge in [-0.1, -0.05) is 0 Å². The van der Waals surface area contributed by atoms with Gasteiger partial charge in [0.15, 0.2) is 0 Å². The zero-order chi connectivity index (χ0) is 14.1. The first-order chi connectivity index (χ1) is 8.36. The molecule has 2 N–H and O–H groups in total. The molecule has 0 aliphatic carbocycles. The number of esters is 1. The summed E-state index contributed by atoms with van der Waals surface area (Å²) in [6, 6.07) is 0. The third-order valence-electron chi connectivity index (χ3n) is 1.52. The van der Waals surface area contributed by atoms with Gasteiger partial charge in [0, 0.05) is 0 Å². The molecule has 0 radical (unpaired) electrons. The number of hydrogen-bond acceptors (Lipinski definition) is 6. The number of ether oxygens (including phenoxy) is 1. The van der Waals surface area contributed by atoms with Gasteiger partial charge < -0.3 is 0 Å². The zero-order valence-electron chi connectivity index (χ0n) is 9.42. The molecule has 0 aromatic carbocycles. The molecule has 9 heteroatoms. The Labute approximate surface area is 113 Å². The quantitative estimate of drug-likeness (QED) is 0.333. The van der Waals surface area contributed by atoms with Crippen LogP contribution >= 0.6 is 8.93 Å². The van der Waals surface area contributed by atoms with Gasteiger partial charge in [-0.25, -0.2) is 0 Å². The van der Waals surface area contributed by atoms with Crippen LogP contribution in [0.4, 0.5) is 0 Å². The van der Waals surface area contributed by atoms with Gasteiger partial charge in [-0.3, -0.25) is 0 Å². The minimum atomic E-state index is -1.46. The average Bonchev–Trinajstić information content (AvgIpc) is 2.25. The van der Waals surface area contributed by atoms with E-state index >= 15 is 0 Å². The molecule has 0 saturated carbocycles. The second kappa shape index (κ2) is 8.28. The molecule has 0 amide bonds. The standard InChI is InChI=1S/C8H10IO7S/c9-17-8(15)4(3-6(12)13)16-7(14)2-1-5(10)11/h4,9H,1-3H2,(H,10,11)(H,12,13)/q-1/t4-/m1/s1/i9T. The van der Waals surface area contributed by atoms with Crippen LogP contribution in [-0.4, -0.2) is 39.9 Å². The number of aliphatic carboxylic acids is 2. The van der Waals surface area contributed by atoms with Gasteiger partial charge in [-0.15, -0.1) is 0 Å². The zero-order valence-corrected chi connectivity index (χ0v) is 11.4. The van der Waals surface area contributed by atoms with Crippen LogP contribution < -0.4 is 21.0 Å². The molecule has 0 aliphatic rings. The van der Waals surface area contributed by atoms with Crippen LogP contribution in [0.25, 0.3) is 0 Å². The predicted octanol–water partition coefficient (Wildman–Crippen LogP) is -3.30. The number of halogens is 1. The van der Waals surface area contributed by atoms with Crippen LogP contribution in [0.3, 0.4) is 0 Å². The van der Waals surface area contributed by atoms with Gasteiger partial charge in [0.1, 0.15) is 0 Å². The van der Waals surface area contributed by atoms with E-state index in [0.717, 1.165) is 0 Å². The summed E-state index contributed by atoms with van der Waals surface area (Å²) in [6.45, 7) is 0. The van der Waals surface area contributed by atoms with Crippen LogP contribution in [-0.2, 0) is 23.9 Å².